The molecule has 3 atom stereocenters. The van der Waals surface area contributed by atoms with E-state index >= 15 is 0 Å². The Hall–Kier alpha value is -6.06. The summed E-state index contributed by atoms with van der Waals surface area (Å²) in [6, 6.07) is 15.0. The summed E-state index contributed by atoms with van der Waals surface area (Å²) >= 11 is 0. The van der Waals surface area contributed by atoms with Crippen LogP contribution in [0.3, 0.4) is 0 Å². The number of ether oxygens (including phenoxy) is 1. The van der Waals surface area contributed by atoms with Gasteiger partial charge in [-0.3, -0.25) is 19.3 Å². The van der Waals surface area contributed by atoms with Crippen LogP contribution in [-0.2, 0) is 14.3 Å². The lowest BCUT2D eigenvalue weighted by atomic mass is 9.72. The molecule has 1 aliphatic carbocycles. The fourth-order valence-corrected chi connectivity index (χ4v) is 9.45. The van der Waals surface area contributed by atoms with Crippen LogP contribution in [0.25, 0.3) is 16.7 Å². The average molecular weight is 847 g/mol. The molecule has 2 aromatic carbocycles. The van der Waals surface area contributed by atoms with E-state index in [-0.39, 0.29) is 42.0 Å². The Labute approximate surface area is 363 Å². The Balaban J connectivity index is 0.875. The quantitative estimate of drug-likeness (QED) is 0.0548. The second-order valence-electron chi connectivity index (χ2n) is 17.4. The summed E-state index contributed by atoms with van der Waals surface area (Å²) in [6.45, 7) is 13.9. The van der Waals surface area contributed by atoms with E-state index in [0.717, 1.165) is 53.8 Å². The van der Waals surface area contributed by atoms with Crippen LogP contribution in [0.2, 0.25) is 0 Å². The molecule has 3 fully saturated rings. The van der Waals surface area contributed by atoms with Crippen molar-refractivity contribution in [1.29, 1.82) is 0 Å². The Kier molecular flexibility index (Phi) is 13.7. The lowest BCUT2D eigenvalue weighted by Gasteiger charge is -2.42. The van der Waals surface area contributed by atoms with Crippen LogP contribution in [0.5, 0.6) is 5.75 Å². The number of rotatable bonds is 15. The van der Waals surface area contributed by atoms with E-state index in [4.69, 9.17) is 26.9 Å². The third kappa shape index (κ3) is 10.2. The molecule has 4 heterocycles. The number of aromatic nitrogens is 2. The first-order valence-corrected chi connectivity index (χ1v) is 21.7. The van der Waals surface area contributed by atoms with Gasteiger partial charge in [-0.2, -0.15) is 0 Å². The minimum atomic E-state index is -0.287. The maximum absolute atomic E-state index is 13.8. The zero-order chi connectivity index (χ0) is 44.1. The predicted molar refractivity (Wildman–Crippen MR) is 241 cm³/mol. The molecule has 3 aliphatic rings. The zero-order valence-corrected chi connectivity index (χ0v) is 36.3. The van der Waals surface area contributed by atoms with Crippen molar-refractivity contribution in [1.82, 2.24) is 29.6 Å². The summed E-state index contributed by atoms with van der Waals surface area (Å²) in [6.07, 6.45) is 9.44. The summed E-state index contributed by atoms with van der Waals surface area (Å²) in [4.78, 5) is 47.8. The minimum absolute atomic E-state index is 0.0503. The van der Waals surface area contributed by atoms with Gasteiger partial charge in [-0.1, -0.05) is 18.2 Å². The van der Waals surface area contributed by atoms with Crippen LogP contribution in [0, 0.1) is 25.7 Å². The monoisotopic (exact) mass is 846 g/mol. The van der Waals surface area contributed by atoms with Crippen molar-refractivity contribution in [3.05, 3.63) is 106 Å². The van der Waals surface area contributed by atoms with Gasteiger partial charge in [0.15, 0.2) is 0 Å². The molecule has 3 unspecified atom stereocenters. The summed E-state index contributed by atoms with van der Waals surface area (Å²) in [5.74, 6) is 1.40. The predicted octanol–water partition coefficient (Wildman–Crippen LogP) is 4.72. The van der Waals surface area contributed by atoms with Crippen molar-refractivity contribution in [2.24, 2.45) is 29.0 Å². The molecule has 2 saturated heterocycles. The molecule has 0 bridgehead atoms. The zero-order valence-electron chi connectivity index (χ0n) is 36.3. The number of phenols is 1. The highest BCUT2D eigenvalue weighted by molar-refractivity contribution is 5.95. The van der Waals surface area contributed by atoms with Gasteiger partial charge in [-0.25, -0.2) is 4.98 Å². The third-order valence-electron chi connectivity index (χ3n) is 12.7. The number of piperazine rings is 1. The topological polar surface area (TPSA) is 210 Å². The van der Waals surface area contributed by atoms with Gasteiger partial charge in [0.05, 0.1) is 23.7 Å². The van der Waals surface area contributed by atoms with Crippen LogP contribution in [-0.4, -0.2) is 106 Å². The smallest absolute Gasteiger partial charge is 0.253 e. The van der Waals surface area contributed by atoms with Crippen molar-refractivity contribution in [3.63, 3.8) is 0 Å². The standard InChI is InChI=1S/C47H62N10O5/c1-29-17-35(9-10-37(29)43-27-56(25-32(4)62-43)41(45(49)50)22-40(48)38-7-5-6-8-42(38)59)47(61)55-15-13-54(14-16-55)26-34-19-33(20-34)18-31(3)57-24-30(2)39-21-36(23-52-46(39)57)53-44(60)11-12-51-28-58/h5-10,17,21-24,28,31-34,43,59H,11-16,18-20,25-27,48-50H2,1-4H3,(H,51,58)(H,53,60)/b40-22-. The molecule has 2 aliphatic heterocycles. The van der Waals surface area contributed by atoms with E-state index < -0.39 is 0 Å². The number of carbonyl (C=O) groups is 3. The van der Waals surface area contributed by atoms with Crippen LogP contribution >= 0.6 is 0 Å². The fourth-order valence-electron chi connectivity index (χ4n) is 9.45. The number of nitrogens with one attached hydrogen (secondary N) is 2. The van der Waals surface area contributed by atoms with Gasteiger partial charge in [0, 0.05) is 93.2 Å². The summed E-state index contributed by atoms with van der Waals surface area (Å²) in [7, 11) is 0. The first-order valence-electron chi connectivity index (χ1n) is 21.7. The minimum Gasteiger partial charge on any atom is -0.507 e. The molecule has 0 radical (unpaired) electrons. The number of nitrogens with two attached hydrogens (primary N) is 3. The first-order chi connectivity index (χ1) is 29.8. The number of allylic oxidation sites excluding steroid dienone is 1. The number of pyridine rings is 1. The normalized spacial score (nSPS) is 21.3. The molecule has 62 heavy (non-hydrogen) atoms. The van der Waals surface area contributed by atoms with Crippen molar-refractivity contribution >= 4 is 40.6 Å². The number of anilines is 1. The molecule has 4 aromatic rings. The second kappa shape index (κ2) is 19.3. The molecule has 330 valence electrons. The molecule has 15 heteroatoms. The third-order valence-corrected chi connectivity index (χ3v) is 12.7. The highest BCUT2D eigenvalue weighted by Crippen LogP contribution is 2.41. The molecular formula is C47H62N10O5. The first kappa shape index (κ1) is 44.0. The number of fused-ring (bicyclic) bond motifs is 1. The van der Waals surface area contributed by atoms with E-state index in [1.54, 1.807) is 36.5 Å². The number of morpholine rings is 1. The molecule has 7 rings (SSSR count). The number of phenolic OH excluding ortho intramolecular Hbond substituents is 1. The van der Waals surface area contributed by atoms with Crippen molar-refractivity contribution < 1.29 is 24.2 Å². The Morgan fingerprint density at radius 2 is 1.74 bits per heavy atom. The van der Waals surface area contributed by atoms with E-state index in [9.17, 15) is 19.5 Å². The Bertz CT molecular complexity index is 2320. The van der Waals surface area contributed by atoms with Gasteiger partial charge in [0.2, 0.25) is 12.3 Å². The summed E-state index contributed by atoms with van der Waals surface area (Å²) in [5, 5.41) is 16.8. The lowest BCUT2D eigenvalue weighted by molar-refractivity contribution is -0.116. The molecule has 1 saturated carbocycles. The number of aromatic hydroxyl groups is 1. The van der Waals surface area contributed by atoms with Crippen molar-refractivity contribution in [2.75, 3.05) is 57.7 Å². The summed E-state index contributed by atoms with van der Waals surface area (Å²) < 4.78 is 8.69. The number of benzene rings is 2. The number of nitrogens with zero attached hydrogens (tertiary/aromatic N) is 5. The number of hydrogen-bond donors (Lipinski definition) is 6. The number of amides is 3. The van der Waals surface area contributed by atoms with Crippen molar-refractivity contribution in [3.8, 4) is 5.75 Å². The molecule has 9 N–H and O–H groups in total. The van der Waals surface area contributed by atoms with Crippen LogP contribution in [0.1, 0.15) is 84.3 Å². The van der Waals surface area contributed by atoms with Crippen LogP contribution in [0.4, 0.5) is 5.69 Å². The van der Waals surface area contributed by atoms with E-state index in [0.29, 0.717) is 85.2 Å². The van der Waals surface area contributed by atoms with E-state index in [2.05, 4.69) is 45.0 Å². The largest absolute Gasteiger partial charge is 0.507 e. The van der Waals surface area contributed by atoms with Crippen molar-refractivity contribution in [2.45, 2.75) is 71.6 Å². The number of carbonyl (C=O) groups excluding carboxylic acids is 3. The number of para-hydroxylation sites is 1. The average Bonchev–Trinajstić information content (AvgIpc) is 3.56. The molecular weight excluding hydrogens is 785 g/mol. The van der Waals surface area contributed by atoms with E-state index in [1.807, 2.05) is 43.0 Å². The highest BCUT2D eigenvalue weighted by Gasteiger charge is 2.34. The number of hydrogen-bond acceptors (Lipinski definition) is 11. The molecule has 15 nitrogen and oxygen atoms in total. The highest BCUT2D eigenvalue weighted by atomic mass is 16.5. The number of aryl methyl sites for hydroxylation is 2. The van der Waals surface area contributed by atoms with Crippen LogP contribution in [0.15, 0.2) is 78.5 Å². The molecule has 2 aromatic heterocycles. The Morgan fingerprint density at radius 1 is 0.984 bits per heavy atom. The fraction of sp³-hybridized carbons (Fsp3) is 0.447. The maximum Gasteiger partial charge on any atom is 0.253 e. The van der Waals surface area contributed by atoms with Gasteiger partial charge in [0.1, 0.15) is 23.3 Å². The summed E-state index contributed by atoms with van der Waals surface area (Å²) in [5.41, 5.74) is 25.5. The van der Waals surface area contributed by atoms with Crippen LogP contribution < -0.4 is 27.8 Å². The van der Waals surface area contributed by atoms with Gasteiger partial charge in [-0.15, -0.1) is 0 Å². The Morgan fingerprint density at radius 3 is 2.45 bits per heavy atom. The second-order valence-corrected chi connectivity index (χ2v) is 17.4. The SMILES string of the molecule is Cc1cc(C(=O)N2CCN(CC3CC(CC(C)n4cc(C)c5cc(NC(=O)CCNC=O)cnc54)C3)CC2)ccc1C1CN(C(/C=C(\N)c2ccccc2O)=C(N)N)CC(C)O1. The lowest BCUT2D eigenvalue weighted by Crippen LogP contribution is -2.50. The van der Waals surface area contributed by atoms with Gasteiger partial charge in [-0.05, 0) is 112 Å². The van der Waals surface area contributed by atoms with E-state index in [1.165, 1.54) is 12.8 Å². The van der Waals surface area contributed by atoms with Gasteiger partial charge < -0.3 is 52.0 Å². The van der Waals surface area contributed by atoms with Gasteiger partial charge >= 0.3 is 0 Å². The van der Waals surface area contributed by atoms with Gasteiger partial charge in [0.25, 0.3) is 5.91 Å². The molecule has 0 spiro atoms. The maximum atomic E-state index is 13.8. The molecule has 3 amide bonds.